The Hall–Kier alpha value is -2.06. The summed E-state index contributed by atoms with van der Waals surface area (Å²) >= 11 is 6.86. The molecule has 2 atom stereocenters. The van der Waals surface area contributed by atoms with Gasteiger partial charge in [0.05, 0.1) is 18.9 Å². The Labute approximate surface area is 199 Å². The van der Waals surface area contributed by atoms with Crippen LogP contribution in [0.5, 0.6) is 0 Å². The summed E-state index contributed by atoms with van der Waals surface area (Å²) in [5.41, 5.74) is 2.24. The number of hydrogen-bond acceptors (Lipinski definition) is 5. The van der Waals surface area contributed by atoms with Gasteiger partial charge in [0, 0.05) is 46.5 Å². The van der Waals surface area contributed by atoms with E-state index in [1.165, 1.54) is 7.11 Å². The molecule has 2 saturated heterocycles. The van der Waals surface area contributed by atoms with E-state index in [2.05, 4.69) is 53.8 Å². The minimum absolute atomic E-state index is 0.0176. The van der Waals surface area contributed by atoms with Gasteiger partial charge in [-0.25, -0.2) is 0 Å². The van der Waals surface area contributed by atoms with Crippen molar-refractivity contribution in [3.8, 4) is 0 Å². The molecule has 2 unspecified atom stereocenters. The SMILES string of the molecule is COC(=O)C1CCN(c2cccc(Br)c2)C1.O=C(O)C1CCN(c2cccc(Br)c2)C1. The summed E-state index contributed by atoms with van der Waals surface area (Å²) in [5.74, 6) is -0.988. The van der Waals surface area contributed by atoms with Gasteiger partial charge in [-0.1, -0.05) is 44.0 Å². The Morgan fingerprint density at radius 1 is 0.903 bits per heavy atom. The molecule has 0 bridgehead atoms. The molecular formula is C23H26Br2N2O4. The second kappa shape index (κ2) is 11.0. The number of carboxylic acid groups (broad SMARTS) is 1. The number of carbonyl (C=O) groups is 2. The lowest BCUT2D eigenvalue weighted by atomic mass is 10.1. The summed E-state index contributed by atoms with van der Waals surface area (Å²) < 4.78 is 6.86. The quantitative estimate of drug-likeness (QED) is 0.548. The monoisotopic (exact) mass is 552 g/mol. The average Bonchev–Trinajstić information content (AvgIpc) is 3.44. The van der Waals surface area contributed by atoms with Crippen LogP contribution in [0, 0.1) is 11.8 Å². The Morgan fingerprint density at radius 3 is 1.81 bits per heavy atom. The topological polar surface area (TPSA) is 70.1 Å². The number of methoxy groups -OCH3 is 1. The minimum atomic E-state index is -0.688. The maximum atomic E-state index is 11.4. The van der Waals surface area contributed by atoms with Gasteiger partial charge in [0.2, 0.25) is 0 Å². The molecule has 166 valence electrons. The maximum absolute atomic E-state index is 11.4. The van der Waals surface area contributed by atoms with E-state index in [0.717, 1.165) is 52.8 Å². The fourth-order valence-corrected chi connectivity index (χ4v) is 4.67. The van der Waals surface area contributed by atoms with Crippen LogP contribution in [0.2, 0.25) is 0 Å². The van der Waals surface area contributed by atoms with Crippen molar-refractivity contribution in [2.24, 2.45) is 11.8 Å². The first-order valence-corrected chi connectivity index (χ1v) is 11.8. The van der Waals surface area contributed by atoms with Crippen LogP contribution in [-0.4, -0.2) is 50.3 Å². The second-order valence-corrected chi connectivity index (χ2v) is 9.52. The lowest BCUT2D eigenvalue weighted by Gasteiger charge is -2.18. The van der Waals surface area contributed by atoms with E-state index >= 15 is 0 Å². The predicted molar refractivity (Wildman–Crippen MR) is 129 cm³/mol. The third-order valence-corrected chi connectivity index (χ3v) is 6.59. The van der Waals surface area contributed by atoms with Gasteiger partial charge in [-0.2, -0.15) is 0 Å². The van der Waals surface area contributed by atoms with Crippen LogP contribution in [0.15, 0.2) is 57.5 Å². The van der Waals surface area contributed by atoms with Gasteiger partial charge < -0.3 is 19.6 Å². The third kappa shape index (κ3) is 6.46. The van der Waals surface area contributed by atoms with Crippen molar-refractivity contribution in [3.63, 3.8) is 0 Å². The van der Waals surface area contributed by atoms with Gasteiger partial charge in [-0.15, -0.1) is 0 Å². The van der Waals surface area contributed by atoms with Crippen molar-refractivity contribution in [2.75, 3.05) is 43.1 Å². The summed E-state index contributed by atoms with van der Waals surface area (Å²) in [7, 11) is 1.45. The van der Waals surface area contributed by atoms with Crippen LogP contribution < -0.4 is 9.80 Å². The van der Waals surface area contributed by atoms with Gasteiger partial charge in [0.25, 0.3) is 0 Å². The fourth-order valence-electron chi connectivity index (χ4n) is 3.90. The average molecular weight is 554 g/mol. The van der Waals surface area contributed by atoms with Crippen LogP contribution >= 0.6 is 31.9 Å². The lowest BCUT2D eigenvalue weighted by molar-refractivity contribution is -0.144. The number of rotatable bonds is 4. The summed E-state index contributed by atoms with van der Waals surface area (Å²) in [6.45, 7) is 3.11. The van der Waals surface area contributed by atoms with E-state index in [9.17, 15) is 9.59 Å². The molecular weight excluding hydrogens is 528 g/mol. The molecule has 2 aromatic rings. The highest BCUT2D eigenvalue weighted by atomic mass is 79.9. The van der Waals surface area contributed by atoms with E-state index in [1.807, 2.05) is 36.4 Å². The lowest BCUT2D eigenvalue weighted by Crippen LogP contribution is -2.23. The largest absolute Gasteiger partial charge is 0.481 e. The number of ether oxygens (including phenoxy) is 1. The van der Waals surface area contributed by atoms with Crippen molar-refractivity contribution < 1.29 is 19.4 Å². The number of carbonyl (C=O) groups excluding carboxylic acids is 1. The fraction of sp³-hybridized carbons (Fsp3) is 0.391. The van der Waals surface area contributed by atoms with Crippen molar-refractivity contribution in [1.29, 1.82) is 0 Å². The molecule has 2 aliphatic rings. The van der Waals surface area contributed by atoms with Crippen molar-refractivity contribution in [2.45, 2.75) is 12.8 Å². The number of halogens is 2. The van der Waals surface area contributed by atoms with E-state index in [0.29, 0.717) is 6.54 Å². The van der Waals surface area contributed by atoms with Crippen molar-refractivity contribution in [3.05, 3.63) is 57.5 Å². The molecule has 2 heterocycles. The van der Waals surface area contributed by atoms with Gasteiger partial charge in [-0.05, 0) is 49.2 Å². The zero-order chi connectivity index (χ0) is 22.4. The number of aliphatic carboxylic acids is 1. The van der Waals surface area contributed by atoms with Crippen molar-refractivity contribution in [1.82, 2.24) is 0 Å². The van der Waals surface area contributed by atoms with Gasteiger partial charge in [0.1, 0.15) is 0 Å². The highest BCUT2D eigenvalue weighted by Gasteiger charge is 2.29. The molecule has 0 radical (unpaired) electrons. The molecule has 4 rings (SSSR count). The summed E-state index contributed by atoms with van der Waals surface area (Å²) in [6.07, 6.45) is 1.61. The van der Waals surface area contributed by atoms with E-state index in [1.54, 1.807) is 0 Å². The van der Waals surface area contributed by atoms with Crippen LogP contribution in [0.4, 0.5) is 11.4 Å². The summed E-state index contributed by atoms with van der Waals surface area (Å²) in [4.78, 5) is 26.5. The molecule has 8 heteroatoms. The smallest absolute Gasteiger partial charge is 0.310 e. The first-order chi connectivity index (χ1) is 14.9. The van der Waals surface area contributed by atoms with Crippen LogP contribution in [-0.2, 0) is 14.3 Å². The normalized spacial score (nSPS) is 20.2. The Kier molecular flexibility index (Phi) is 8.37. The molecule has 2 aliphatic heterocycles. The molecule has 0 spiro atoms. The Morgan fingerprint density at radius 2 is 1.39 bits per heavy atom. The molecule has 0 saturated carbocycles. The minimum Gasteiger partial charge on any atom is -0.481 e. The number of anilines is 2. The molecule has 2 fully saturated rings. The zero-order valence-corrected chi connectivity index (χ0v) is 20.5. The van der Waals surface area contributed by atoms with Crippen molar-refractivity contribution >= 4 is 55.2 Å². The predicted octanol–water partition coefficient (Wildman–Crippen LogP) is 4.81. The summed E-state index contributed by atoms with van der Waals surface area (Å²) in [6, 6.07) is 16.1. The van der Waals surface area contributed by atoms with Gasteiger partial charge in [0.15, 0.2) is 0 Å². The van der Waals surface area contributed by atoms with E-state index < -0.39 is 5.97 Å². The molecule has 2 aromatic carbocycles. The standard InChI is InChI=1S/C12H14BrNO2.C11H12BrNO2/c1-16-12(15)9-5-6-14(8-9)11-4-2-3-10(13)7-11;12-9-2-1-3-10(6-9)13-5-4-8(7-13)11(14)15/h2-4,7,9H,5-6,8H2,1H3;1-3,6,8H,4-5,7H2,(H,14,15). The molecule has 1 N–H and O–H groups in total. The van der Waals surface area contributed by atoms with Crippen LogP contribution in [0.3, 0.4) is 0 Å². The number of nitrogens with zero attached hydrogens (tertiary/aromatic N) is 2. The van der Waals surface area contributed by atoms with Crippen LogP contribution in [0.25, 0.3) is 0 Å². The molecule has 0 aliphatic carbocycles. The molecule has 6 nitrogen and oxygen atoms in total. The van der Waals surface area contributed by atoms with Crippen LogP contribution in [0.1, 0.15) is 12.8 Å². The first-order valence-electron chi connectivity index (χ1n) is 10.2. The number of benzene rings is 2. The second-order valence-electron chi connectivity index (χ2n) is 7.68. The molecule has 0 amide bonds. The Balaban J connectivity index is 0.000000176. The number of hydrogen-bond donors (Lipinski definition) is 1. The van der Waals surface area contributed by atoms with E-state index in [4.69, 9.17) is 9.84 Å². The highest BCUT2D eigenvalue weighted by molar-refractivity contribution is 9.10. The van der Waals surface area contributed by atoms with Gasteiger partial charge in [-0.3, -0.25) is 9.59 Å². The summed E-state index contributed by atoms with van der Waals surface area (Å²) in [5, 5.41) is 8.90. The highest BCUT2D eigenvalue weighted by Crippen LogP contribution is 2.27. The maximum Gasteiger partial charge on any atom is 0.310 e. The third-order valence-electron chi connectivity index (χ3n) is 5.61. The van der Waals surface area contributed by atoms with E-state index in [-0.39, 0.29) is 17.8 Å². The Bertz CT molecular complexity index is 924. The molecule has 0 aromatic heterocycles. The number of carboxylic acids is 1. The number of esters is 1. The molecule has 31 heavy (non-hydrogen) atoms. The first kappa shape index (κ1) is 23.6. The zero-order valence-electron chi connectivity index (χ0n) is 17.3. The van der Waals surface area contributed by atoms with Gasteiger partial charge >= 0.3 is 11.9 Å².